The number of hydrogen-bond donors (Lipinski definition) is 0. The van der Waals surface area contributed by atoms with Crippen molar-refractivity contribution in [2.75, 3.05) is 37.6 Å². The Hall–Kier alpha value is -0.870. The summed E-state index contributed by atoms with van der Waals surface area (Å²) in [7, 11) is 0. The number of nitrogens with zero attached hydrogens (tertiary/aromatic N) is 2. The highest BCUT2D eigenvalue weighted by Gasteiger charge is 2.23. The Morgan fingerprint density at radius 2 is 1.86 bits per heavy atom. The average Bonchev–Trinajstić information content (AvgIpc) is 3.01. The number of halogens is 1. The van der Waals surface area contributed by atoms with E-state index in [1.54, 1.807) is 0 Å². The summed E-state index contributed by atoms with van der Waals surface area (Å²) < 4.78 is 1.03. The molecule has 0 aliphatic carbocycles. The lowest BCUT2D eigenvalue weighted by Gasteiger charge is -2.35. The van der Waals surface area contributed by atoms with Crippen LogP contribution in [0.4, 0.5) is 5.69 Å². The van der Waals surface area contributed by atoms with Crippen LogP contribution in [0.3, 0.4) is 0 Å². The van der Waals surface area contributed by atoms with E-state index in [-0.39, 0.29) is 0 Å². The Morgan fingerprint density at radius 1 is 1.14 bits per heavy atom. The first-order valence-corrected chi connectivity index (χ1v) is 8.77. The standard InChI is InChI=1S/C17H23BrN2O/c18-16-11-15(13-21)3-4-17(16)20-9-5-14(6-10-20)12-19-7-1-2-8-19/h3-4,11,13-14H,1-2,5-10,12H2. The Balaban J connectivity index is 1.56. The molecule has 2 heterocycles. The van der Waals surface area contributed by atoms with Gasteiger partial charge in [0, 0.05) is 29.7 Å². The molecule has 0 unspecified atom stereocenters. The Labute approximate surface area is 135 Å². The van der Waals surface area contributed by atoms with Gasteiger partial charge >= 0.3 is 0 Å². The maximum absolute atomic E-state index is 10.8. The SMILES string of the molecule is O=Cc1ccc(N2CCC(CN3CCCC3)CC2)c(Br)c1. The van der Waals surface area contributed by atoms with Crippen molar-refractivity contribution in [2.45, 2.75) is 25.7 Å². The highest BCUT2D eigenvalue weighted by atomic mass is 79.9. The fraction of sp³-hybridized carbons (Fsp3) is 0.588. The van der Waals surface area contributed by atoms with Gasteiger partial charge in [0.2, 0.25) is 0 Å². The second-order valence-electron chi connectivity index (χ2n) is 6.27. The molecular weight excluding hydrogens is 328 g/mol. The molecule has 0 aromatic heterocycles. The zero-order chi connectivity index (χ0) is 14.7. The molecule has 0 saturated carbocycles. The van der Waals surface area contributed by atoms with Crippen LogP contribution in [0.25, 0.3) is 0 Å². The first kappa shape index (κ1) is 15.0. The van der Waals surface area contributed by atoms with Gasteiger partial charge in [-0.15, -0.1) is 0 Å². The maximum atomic E-state index is 10.8. The third-order valence-electron chi connectivity index (χ3n) is 4.78. The van der Waals surface area contributed by atoms with Gasteiger partial charge in [-0.1, -0.05) is 0 Å². The second-order valence-corrected chi connectivity index (χ2v) is 7.12. The lowest BCUT2D eigenvalue weighted by Crippen LogP contribution is -2.38. The highest BCUT2D eigenvalue weighted by Crippen LogP contribution is 2.31. The highest BCUT2D eigenvalue weighted by molar-refractivity contribution is 9.10. The number of piperidine rings is 1. The lowest BCUT2D eigenvalue weighted by molar-refractivity contribution is 0.112. The van der Waals surface area contributed by atoms with Crippen LogP contribution < -0.4 is 4.90 Å². The normalized spacial score (nSPS) is 20.9. The number of hydrogen-bond acceptors (Lipinski definition) is 3. The summed E-state index contributed by atoms with van der Waals surface area (Å²) in [6.45, 7) is 6.14. The van der Waals surface area contributed by atoms with E-state index in [0.717, 1.165) is 35.3 Å². The molecule has 0 N–H and O–H groups in total. The first-order valence-electron chi connectivity index (χ1n) is 7.98. The van der Waals surface area contributed by atoms with Crippen LogP contribution >= 0.6 is 15.9 Å². The van der Waals surface area contributed by atoms with Crippen LogP contribution in [0.5, 0.6) is 0 Å². The second kappa shape index (κ2) is 6.93. The van der Waals surface area contributed by atoms with Crippen LogP contribution in [0, 0.1) is 5.92 Å². The summed E-state index contributed by atoms with van der Waals surface area (Å²) in [5, 5.41) is 0. The minimum atomic E-state index is 0.731. The minimum absolute atomic E-state index is 0.731. The van der Waals surface area contributed by atoms with E-state index in [0.29, 0.717) is 0 Å². The quantitative estimate of drug-likeness (QED) is 0.775. The molecule has 2 fully saturated rings. The summed E-state index contributed by atoms with van der Waals surface area (Å²) >= 11 is 3.60. The van der Waals surface area contributed by atoms with E-state index in [9.17, 15) is 4.79 Å². The van der Waals surface area contributed by atoms with Gasteiger partial charge in [-0.05, 0) is 78.8 Å². The van der Waals surface area contributed by atoms with Gasteiger partial charge in [0.25, 0.3) is 0 Å². The zero-order valence-corrected chi connectivity index (χ0v) is 14.0. The molecule has 2 saturated heterocycles. The summed E-state index contributed by atoms with van der Waals surface area (Å²) in [6.07, 6.45) is 6.22. The topological polar surface area (TPSA) is 23.6 Å². The smallest absolute Gasteiger partial charge is 0.150 e. The molecule has 0 atom stereocenters. The molecule has 21 heavy (non-hydrogen) atoms. The number of aldehydes is 1. The fourth-order valence-electron chi connectivity index (χ4n) is 3.54. The van der Waals surface area contributed by atoms with Crippen LogP contribution in [-0.2, 0) is 0 Å². The Morgan fingerprint density at radius 3 is 2.48 bits per heavy atom. The van der Waals surface area contributed by atoms with Gasteiger partial charge in [0.1, 0.15) is 6.29 Å². The summed E-state index contributed by atoms with van der Waals surface area (Å²) in [5.41, 5.74) is 1.95. The molecule has 3 nitrogen and oxygen atoms in total. The van der Waals surface area contributed by atoms with Crippen molar-refractivity contribution in [1.82, 2.24) is 4.90 Å². The lowest BCUT2D eigenvalue weighted by atomic mass is 9.96. The number of carbonyl (C=O) groups is 1. The summed E-state index contributed by atoms with van der Waals surface area (Å²) in [5.74, 6) is 0.854. The van der Waals surface area contributed by atoms with E-state index in [4.69, 9.17) is 0 Å². The number of anilines is 1. The number of rotatable bonds is 4. The van der Waals surface area contributed by atoms with Gasteiger partial charge in [0.05, 0.1) is 5.69 Å². The van der Waals surface area contributed by atoms with Gasteiger partial charge in [-0.25, -0.2) is 0 Å². The van der Waals surface area contributed by atoms with Crippen LogP contribution in [0.15, 0.2) is 22.7 Å². The van der Waals surface area contributed by atoms with Crippen molar-refractivity contribution in [3.05, 3.63) is 28.2 Å². The van der Waals surface area contributed by atoms with E-state index >= 15 is 0 Å². The van der Waals surface area contributed by atoms with E-state index in [2.05, 4.69) is 31.8 Å². The molecule has 1 aromatic rings. The monoisotopic (exact) mass is 350 g/mol. The predicted molar refractivity (Wildman–Crippen MR) is 90.1 cm³/mol. The average molecular weight is 351 g/mol. The number of benzene rings is 1. The third-order valence-corrected chi connectivity index (χ3v) is 5.41. The molecule has 2 aliphatic rings. The molecule has 1 aromatic carbocycles. The van der Waals surface area contributed by atoms with Crippen LogP contribution in [-0.4, -0.2) is 43.9 Å². The zero-order valence-electron chi connectivity index (χ0n) is 12.4. The van der Waals surface area contributed by atoms with E-state index < -0.39 is 0 Å². The molecule has 3 rings (SSSR count). The van der Waals surface area contributed by atoms with Gasteiger partial charge < -0.3 is 9.80 Å². The molecule has 0 spiro atoms. The summed E-state index contributed by atoms with van der Waals surface area (Å²) in [6, 6.07) is 5.89. The number of carbonyl (C=O) groups excluding carboxylic acids is 1. The molecule has 4 heteroatoms. The molecule has 0 radical (unpaired) electrons. The molecule has 0 bridgehead atoms. The van der Waals surface area contributed by atoms with Crippen molar-refractivity contribution in [1.29, 1.82) is 0 Å². The van der Waals surface area contributed by atoms with Crippen molar-refractivity contribution >= 4 is 27.9 Å². The van der Waals surface area contributed by atoms with Gasteiger partial charge in [-0.3, -0.25) is 4.79 Å². The van der Waals surface area contributed by atoms with Crippen molar-refractivity contribution in [3.8, 4) is 0 Å². The van der Waals surface area contributed by atoms with Crippen molar-refractivity contribution in [3.63, 3.8) is 0 Å². The largest absolute Gasteiger partial charge is 0.371 e. The van der Waals surface area contributed by atoms with Crippen LogP contribution in [0.1, 0.15) is 36.0 Å². The summed E-state index contributed by atoms with van der Waals surface area (Å²) in [4.78, 5) is 15.9. The molecule has 0 amide bonds. The Bertz CT molecular complexity index is 492. The van der Waals surface area contributed by atoms with Crippen molar-refractivity contribution < 1.29 is 4.79 Å². The number of likely N-dealkylation sites (tertiary alicyclic amines) is 1. The Kier molecular flexibility index (Phi) is 4.96. The third kappa shape index (κ3) is 3.67. The van der Waals surface area contributed by atoms with E-state index in [1.165, 1.54) is 51.0 Å². The molecule has 2 aliphatic heterocycles. The first-order chi connectivity index (χ1) is 10.3. The van der Waals surface area contributed by atoms with Crippen LogP contribution in [0.2, 0.25) is 0 Å². The van der Waals surface area contributed by atoms with E-state index in [1.807, 2.05) is 12.1 Å². The van der Waals surface area contributed by atoms with Crippen molar-refractivity contribution in [2.24, 2.45) is 5.92 Å². The molecular formula is C17H23BrN2O. The van der Waals surface area contributed by atoms with Gasteiger partial charge in [0.15, 0.2) is 0 Å². The fourth-order valence-corrected chi connectivity index (χ4v) is 4.19. The maximum Gasteiger partial charge on any atom is 0.150 e. The van der Waals surface area contributed by atoms with Gasteiger partial charge in [-0.2, -0.15) is 0 Å². The molecule has 114 valence electrons. The predicted octanol–water partition coefficient (Wildman–Crippen LogP) is 3.57. The minimum Gasteiger partial charge on any atom is -0.371 e.